The second-order valence-corrected chi connectivity index (χ2v) is 6.43. The average molecular weight is 389 g/mol. The summed E-state index contributed by atoms with van der Waals surface area (Å²) in [5.41, 5.74) is 2.43. The monoisotopic (exact) mass is 389 g/mol. The maximum Gasteiger partial charge on any atom is 0.251 e. The zero-order valence-electron chi connectivity index (χ0n) is 16.0. The van der Waals surface area contributed by atoms with Crippen LogP contribution >= 0.6 is 0 Å². The summed E-state index contributed by atoms with van der Waals surface area (Å²) in [7, 11) is 0. The molecule has 148 valence electrons. The molecule has 3 aromatic rings. The van der Waals surface area contributed by atoms with Gasteiger partial charge >= 0.3 is 0 Å². The number of ether oxygens (including phenoxy) is 1. The van der Waals surface area contributed by atoms with Gasteiger partial charge in [-0.15, -0.1) is 0 Å². The first kappa shape index (κ1) is 20.1. The number of nitrogens with zero attached hydrogens (tertiary/aromatic N) is 1. The first-order chi connectivity index (χ1) is 14.2. The van der Waals surface area contributed by atoms with Crippen LogP contribution in [0.1, 0.15) is 27.9 Å². The molecule has 0 fully saturated rings. The number of carbonyl (C=O) groups excluding carboxylic acids is 2. The molecule has 0 atom stereocenters. The second kappa shape index (κ2) is 10.6. The Kier molecular flexibility index (Phi) is 7.34. The third-order valence-electron chi connectivity index (χ3n) is 4.22. The third kappa shape index (κ3) is 6.77. The van der Waals surface area contributed by atoms with Crippen LogP contribution in [0.4, 0.5) is 0 Å². The van der Waals surface area contributed by atoms with Crippen LogP contribution < -0.4 is 15.4 Å². The largest absolute Gasteiger partial charge is 0.493 e. The molecule has 1 aromatic heterocycles. The first-order valence-corrected chi connectivity index (χ1v) is 9.41. The van der Waals surface area contributed by atoms with E-state index in [-0.39, 0.29) is 18.2 Å². The van der Waals surface area contributed by atoms with Crippen molar-refractivity contribution >= 4 is 11.8 Å². The minimum atomic E-state index is -0.150. The predicted molar refractivity (Wildman–Crippen MR) is 110 cm³/mol. The number of benzene rings is 2. The molecule has 0 saturated carbocycles. The predicted octanol–water partition coefficient (Wildman–Crippen LogP) is 3.10. The lowest BCUT2D eigenvalue weighted by Gasteiger charge is -2.08. The molecule has 0 spiro atoms. The standard InChI is InChI=1S/C23H23N3O3/c27-22(12-14-29-21-6-2-1-3-7-21)25-16-18-8-10-20(11-9-18)23(28)26-17-19-5-4-13-24-15-19/h1-11,13,15H,12,14,16-17H2,(H,25,27)(H,26,28). The van der Waals surface area contributed by atoms with E-state index < -0.39 is 0 Å². The zero-order chi connectivity index (χ0) is 20.3. The van der Waals surface area contributed by atoms with Gasteiger partial charge in [-0.3, -0.25) is 14.6 Å². The highest BCUT2D eigenvalue weighted by molar-refractivity contribution is 5.94. The van der Waals surface area contributed by atoms with E-state index in [4.69, 9.17) is 4.74 Å². The summed E-state index contributed by atoms with van der Waals surface area (Å²) in [6, 6.07) is 20.3. The molecule has 0 radical (unpaired) electrons. The summed E-state index contributed by atoms with van der Waals surface area (Å²) in [6.07, 6.45) is 3.69. The molecule has 6 nitrogen and oxygen atoms in total. The highest BCUT2D eigenvalue weighted by Gasteiger charge is 2.06. The van der Waals surface area contributed by atoms with Gasteiger partial charge < -0.3 is 15.4 Å². The molecule has 2 amide bonds. The smallest absolute Gasteiger partial charge is 0.251 e. The fourth-order valence-electron chi connectivity index (χ4n) is 2.63. The molecular formula is C23H23N3O3. The van der Waals surface area contributed by atoms with E-state index in [2.05, 4.69) is 15.6 Å². The lowest BCUT2D eigenvalue weighted by Crippen LogP contribution is -2.25. The Morgan fingerprint density at radius 1 is 0.828 bits per heavy atom. The molecule has 2 N–H and O–H groups in total. The topological polar surface area (TPSA) is 80.3 Å². The van der Waals surface area contributed by atoms with Gasteiger partial charge in [0.25, 0.3) is 5.91 Å². The fourth-order valence-corrected chi connectivity index (χ4v) is 2.63. The van der Waals surface area contributed by atoms with Gasteiger partial charge in [0.1, 0.15) is 5.75 Å². The minimum Gasteiger partial charge on any atom is -0.493 e. The van der Waals surface area contributed by atoms with E-state index in [0.29, 0.717) is 25.3 Å². The van der Waals surface area contributed by atoms with Crippen molar-refractivity contribution in [3.8, 4) is 5.75 Å². The quantitative estimate of drug-likeness (QED) is 0.589. The molecule has 0 aliphatic heterocycles. The lowest BCUT2D eigenvalue weighted by molar-refractivity contribution is -0.121. The molecule has 0 aliphatic carbocycles. The molecule has 0 aliphatic rings. The zero-order valence-corrected chi connectivity index (χ0v) is 16.0. The van der Waals surface area contributed by atoms with Crippen LogP contribution in [0.5, 0.6) is 5.75 Å². The molecular weight excluding hydrogens is 366 g/mol. The van der Waals surface area contributed by atoms with Gasteiger partial charge in [-0.2, -0.15) is 0 Å². The lowest BCUT2D eigenvalue weighted by atomic mass is 10.1. The second-order valence-electron chi connectivity index (χ2n) is 6.43. The SMILES string of the molecule is O=C(CCOc1ccccc1)NCc1ccc(C(=O)NCc2cccnc2)cc1. The fraction of sp³-hybridized carbons (Fsp3) is 0.174. The summed E-state index contributed by atoms with van der Waals surface area (Å²) in [4.78, 5) is 28.2. The molecule has 1 heterocycles. The number of nitrogens with one attached hydrogen (secondary N) is 2. The minimum absolute atomic E-state index is 0.0841. The number of pyridine rings is 1. The Hall–Kier alpha value is -3.67. The summed E-state index contributed by atoms with van der Waals surface area (Å²) < 4.78 is 5.52. The van der Waals surface area contributed by atoms with Crippen molar-refractivity contribution in [1.29, 1.82) is 0 Å². The van der Waals surface area contributed by atoms with Gasteiger partial charge in [0.05, 0.1) is 13.0 Å². The molecule has 0 saturated heterocycles. The van der Waals surface area contributed by atoms with Crippen molar-refractivity contribution < 1.29 is 14.3 Å². The third-order valence-corrected chi connectivity index (χ3v) is 4.22. The summed E-state index contributed by atoms with van der Waals surface area (Å²) in [5.74, 6) is 0.513. The number of para-hydroxylation sites is 1. The summed E-state index contributed by atoms with van der Waals surface area (Å²) in [6.45, 7) is 1.16. The average Bonchev–Trinajstić information content (AvgIpc) is 2.78. The molecule has 0 unspecified atom stereocenters. The number of amides is 2. The van der Waals surface area contributed by atoms with E-state index in [1.807, 2.05) is 54.6 Å². The Morgan fingerprint density at radius 2 is 1.59 bits per heavy atom. The van der Waals surface area contributed by atoms with Gasteiger partial charge in [-0.1, -0.05) is 36.4 Å². The molecule has 29 heavy (non-hydrogen) atoms. The maximum atomic E-state index is 12.2. The van der Waals surface area contributed by atoms with Gasteiger partial charge in [0.15, 0.2) is 0 Å². The van der Waals surface area contributed by atoms with E-state index in [0.717, 1.165) is 16.9 Å². The number of hydrogen-bond donors (Lipinski definition) is 2. The number of rotatable bonds is 9. The van der Waals surface area contributed by atoms with Crippen LogP contribution in [-0.2, 0) is 17.9 Å². The summed E-state index contributed by atoms with van der Waals surface area (Å²) >= 11 is 0. The van der Waals surface area contributed by atoms with Crippen LogP contribution in [0.2, 0.25) is 0 Å². The Balaban J connectivity index is 1.38. The van der Waals surface area contributed by atoms with Crippen molar-refractivity contribution in [2.45, 2.75) is 19.5 Å². The highest BCUT2D eigenvalue weighted by atomic mass is 16.5. The summed E-state index contributed by atoms with van der Waals surface area (Å²) in [5, 5.41) is 5.71. The van der Waals surface area contributed by atoms with Crippen LogP contribution in [0.3, 0.4) is 0 Å². The van der Waals surface area contributed by atoms with Crippen molar-refractivity contribution in [1.82, 2.24) is 15.6 Å². The Labute approximate surface area is 169 Å². The first-order valence-electron chi connectivity index (χ1n) is 9.41. The Morgan fingerprint density at radius 3 is 2.31 bits per heavy atom. The van der Waals surface area contributed by atoms with Crippen LogP contribution in [0.25, 0.3) is 0 Å². The number of aromatic nitrogens is 1. The number of carbonyl (C=O) groups is 2. The number of hydrogen-bond acceptors (Lipinski definition) is 4. The molecule has 6 heteroatoms. The maximum absolute atomic E-state index is 12.2. The Bertz CT molecular complexity index is 913. The van der Waals surface area contributed by atoms with Gasteiger partial charge in [-0.25, -0.2) is 0 Å². The normalized spacial score (nSPS) is 10.2. The van der Waals surface area contributed by atoms with Crippen LogP contribution in [0.15, 0.2) is 79.1 Å². The van der Waals surface area contributed by atoms with Gasteiger partial charge in [0, 0.05) is 31.0 Å². The molecule has 2 aromatic carbocycles. The van der Waals surface area contributed by atoms with Crippen molar-refractivity contribution in [2.75, 3.05) is 6.61 Å². The van der Waals surface area contributed by atoms with Crippen LogP contribution in [-0.4, -0.2) is 23.4 Å². The van der Waals surface area contributed by atoms with E-state index in [9.17, 15) is 9.59 Å². The van der Waals surface area contributed by atoms with E-state index in [1.54, 1.807) is 24.5 Å². The molecule has 0 bridgehead atoms. The molecule has 3 rings (SSSR count). The van der Waals surface area contributed by atoms with Gasteiger partial charge in [-0.05, 0) is 41.5 Å². The van der Waals surface area contributed by atoms with Gasteiger partial charge in [0.2, 0.25) is 5.91 Å². The van der Waals surface area contributed by atoms with Crippen molar-refractivity contribution in [3.63, 3.8) is 0 Å². The van der Waals surface area contributed by atoms with Crippen LogP contribution in [0, 0.1) is 0 Å². The van der Waals surface area contributed by atoms with E-state index in [1.165, 1.54) is 0 Å². The van der Waals surface area contributed by atoms with Crippen molar-refractivity contribution in [3.05, 3.63) is 95.8 Å². The van der Waals surface area contributed by atoms with E-state index >= 15 is 0 Å². The highest BCUT2D eigenvalue weighted by Crippen LogP contribution is 2.08. The van der Waals surface area contributed by atoms with Crippen molar-refractivity contribution in [2.24, 2.45) is 0 Å².